The van der Waals surface area contributed by atoms with Gasteiger partial charge in [-0.25, -0.2) is 0 Å². The van der Waals surface area contributed by atoms with Crippen LogP contribution in [0.3, 0.4) is 0 Å². The number of nitrogens with zero attached hydrogens (tertiary/aromatic N) is 2. The third-order valence-corrected chi connectivity index (χ3v) is 3.19. The lowest BCUT2D eigenvalue weighted by atomic mass is 9.97. The maximum Gasteiger partial charge on any atom is 0.168 e. The highest BCUT2D eigenvalue weighted by molar-refractivity contribution is 5.91. The van der Waals surface area contributed by atoms with Crippen molar-refractivity contribution in [3.05, 3.63) is 0 Å². The third-order valence-electron chi connectivity index (χ3n) is 3.19. The number of carbonyl (C=O) groups excluding carboxylic acids is 1. The standard InChI is InChI=1S/C11H16N2O/c1-7(2)10-11(14)8(5-12)6-13(10)9-3-4-9/h7-10H,3-4,6H2,1-2H3. The van der Waals surface area contributed by atoms with Crippen LogP contribution in [0.2, 0.25) is 0 Å². The molecule has 3 nitrogen and oxygen atoms in total. The second kappa shape index (κ2) is 3.36. The summed E-state index contributed by atoms with van der Waals surface area (Å²) in [5.41, 5.74) is 0. The number of rotatable bonds is 2. The van der Waals surface area contributed by atoms with Crippen molar-refractivity contribution in [1.29, 1.82) is 5.26 Å². The summed E-state index contributed by atoms with van der Waals surface area (Å²) in [5, 5.41) is 8.86. The lowest BCUT2D eigenvalue weighted by molar-refractivity contribution is -0.122. The first-order chi connectivity index (χ1) is 6.65. The van der Waals surface area contributed by atoms with Crippen molar-refractivity contribution < 1.29 is 4.79 Å². The fourth-order valence-electron chi connectivity index (χ4n) is 2.38. The number of ketones is 1. The zero-order valence-corrected chi connectivity index (χ0v) is 8.73. The van der Waals surface area contributed by atoms with Crippen LogP contribution >= 0.6 is 0 Å². The van der Waals surface area contributed by atoms with Crippen LogP contribution in [0.15, 0.2) is 0 Å². The van der Waals surface area contributed by atoms with Gasteiger partial charge in [0.2, 0.25) is 0 Å². The van der Waals surface area contributed by atoms with E-state index < -0.39 is 0 Å². The highest BCUT2D eigenvalue weighted by atomic mass is 16.1. The molecule has 1 aliphatic heterocycles. The lowest BCUT2D eigenvalue weighted by Gasteiger charge is -2.25. The van der Waals surface area contributed by atoms with Crippen LogP contribution in [0.4, 0.5) is 0 Å². The maximum atomic E-state index is 11.9. The molecule has 2 atom stereocenters. The van der Waals surface area contributed by atoms with E-state index in [4.69, 9.17) is 5.26 Å². The summed E-state index contributed by atoms with van der Waals surface area (Å²) in [6.07, 6.45) is 2.41. The van der Waals surface area contributed by atoms with Crippen molar-refractivity contribution in [1.82, 2.24) is 4.90 Å². The van der Waals surface area contributed by atoms with Gasteiger partial charge in [-0.1, -0.05) is 13.8 Å². The molecule has 0 radical (unpaired) electrons. The minimum Gasteiger partial charge on any atom is -0.296 e. The van der Waals surface area contributed by atoms with E-state index in [-0.39, 0.29) is 17.7 Å². The van der Waals surface area contributed by atoms with E-state index in [1.165, 1.54) is 12.8 Å². The van der Waals surface area contributed by atoms with Gasteiger partial charge in [-0.15, -0.1) is 0 Å². The molecular formula is C11H16N2O. The van der Waals surface area contributed by atoms with Crippen LogP contribution in [0.5, 0.6) is 0 Å². The number of Topliss-reactive ketones (excluding diaryl/α,β-unsaturated/α-hetero) is 1. The molecule has 2 fully saturated rings. The lowest BCUT2D eigenvalue weighted by Crippen LogP contribution is -2.38. The van der Waals surface area contributed by atoms with Crippen LogP contribution in [0.1, 0.15) is 26.7 Å². The van der Waals surface area contributed by atoms with Gasteiger partial charge in [-0.05, 0) is 18.8 Å². The quantitative estimate of drug-likeness (QED) is 0.660. The van der Waals surface area contributed by atoms with Gasteiger partial charge in [0.05, 0.1) is 12.1 Å². The van der Waals surface area contributed by atoms with E-state index >= 15 is 0 Å². The molecular weight excluding hydrogens is 176 g/mol. The Labute approximate surface area is 84.7 Å². The predicted molar refractivity (Wildman–Crippen MR) is 52.5 cm³/mol. The molecule has 1 saturated heterocycles. The number of nitriles is 1. The molecule has 3 heteroatoms. The fraction of sp³-hybridized carbons (Fsp3) is 0.818. The maximum absolute atomic E-state index is 11.9. The molecule has 0 amide bonds. The molecule has 0 bridgehead atoms. The Morgan fingerprint density at radius 2 is 2.14 bits per heavy atom. The average molecular weight is 192 g/mol. The Morgan fingerprint density at radius 1 is 1.50 bits per heavy atom. The van der Waals surface area contributed by atoms with Gasteiger partial charge in [-0.3, -0.25) is 9.69 Å². The molecule has 14 heavy (non-hydrogen) atoms. The van der Waals surface area contributed by atoms with Crippen LogP contribution in [0, 0.1) is 23.2 Å². The minimum absolute atomic E-state index is 0.00662. The molecule has 1 saturated carbocycles. The van der Waals surface area contributed by atoms with Crippen LogP contribution in [-0.4, -0.2) is 29.3 Å². The SMILES string of the molecule is CC(C)C1C(=O)C(C#N)CN1C1CC1. The van der Waals surface area contributed by atoms with Crippen LogP contribution in [-0.2, 0) is 4.79 Å². The summed E-state index contributed by atoms with van der Waals surface area (Å²) in [6.45, 7) is 4.80. The monoisotopic (exact) mass is 192 g/mol. The molecule has 2 aliphatic rings. The molecule has 2 unspecified atom stereocenters. The molecule has 0 aromatic heterocycles. The summed E-state index contributed by atoms with van der Waals surface area (Å²) < 4.78 is 0. The topological polar surface area (TPSA) is 44.1 Å². The number of carbonyl (C=O) groups is 1. The number of hydrogen-bond acceptors (Lipinski definition) is 3. The molecule has 0 N–H and O–H groups in total. The van der Waals surface area contributed by atoms with Crippen LogP contribution in [0.25, 0.3) is 0 Å². The molecule has 0 aromatic carbocycles. The first kappa shape index (κ1) is 9.67. The fourth-order valence-corrected chi connectivity index (χ4v) is 2.38. The normalized spacial score (nSPS) is 33.7. The first-order valence-corrected chi connectivity index (χ1v) is 5.34. The molecule has 1 aliphatic carbocycles. The molecule has 76 valence electrons. The Morgan fingerprint density at radius 3 is 2.57 bits per heavy atom. The van der Waals surface area contributed by atoms with Gasteiger partial charge in [0.15, 0.2) is 5.78 Å². The molecule has 0 aromatic rings. The van der Waals surface area contributed by atoms with Gasteiger partial charge in [0.1, 0.15) is 5.92 Å². The van der Waals surface area contributed by atoms with Gasteiger partial charge < -0.3 is 0 Å². The highest BCUT2D eigenvalue weighted by Gasteiger charge is 2.47. The Balaban J connectivity index is 2.17. The second-order valence-corrected chi connectivity index (χ2v) is 4.70. The van der Waals surface area contributed by atoms with E-state index in [1.807, 2.05) is 0 Å². The van der Waals surface area contributed by atoms with Crippen molar-refractivity contribution in [3.63, 3.8) is 0 Å². The van der Waals surface area contributed by atoms with Crippen molar-refractivity contribution in [2.24, 2.45) is 11.8 Å². The summed E-state index contributed by atoms with van der Waals surface area (Å²) in [5.74, 6) is 0.110. The van der Waals surface area contributed by atoms with E-state index in [2.05, 4.69) is 24.8 Å². The van der Waals surface area contributed by atoms with Crippen molar-refractivity contribution >= 4 is 5.78 Å². The smallest absolute Gasteiger partial charge is 0.168 e. The predicted octanol–water partition coefficient (Wildman–Crippen LogP) is 1.20. The summed E-state index contributed by atoms with van der Waals surface area (Å²) >= 11 is 0. The van der Waals surface area contributed by atoms with E-state index in [1.54, 1.807) is 0 Å². The van der Waals surface area contributed by atoms with Crippen molar-refractivity contribution in [2.75, 3.05) is 6.54 Å². The molecule has 2 rings (SSSR count). The van der Waals surface area contributed by atoms with E-state index in [9.17, 15) is 4.79 Å². The molecule has 0 spiro atoms. The summed E-state index contributed by atoms with van der Waals surface area (Å²) in [6, 6.07) is 2.71. The number of likely N-dealkylation sites (tertiary alicyclic amines) is 1. The van der Waals surface area contributed by atoms with Gasteiger partial charge in [-0.2, -0.15) is 5.26 Å². The third kappa shape index (κ3) is 1.44. The zero-order chi connectivity index (χ0) is 10.3. The Kier molecular flexibility index (Phi) is 2.32. The highest BCUT2D eigenvalue weighted by Crippen LogP contribution is 2.36. The van der Waals surface area contributed by atoms with Gasteiger partial charge in [0, 0.05) is 12.6 Å². The number of hydrogen-bond donors (Lipinski definition) is 0. The summed E-state index contributed by atoms with van der Waals surface area (Å²) in [4.78, 5) is 14.1. The van der Waals surface area contributed by atoms with Crippen molar-refractivity contribution in [3.8, 4) is 6.07 Å². The van der Waals surface area contributed by atoms with Crippen molar-refractivity contribution in [2.45, 2.75) is 38.8 Å². The minimum atomic E-state index is -0.372. The van der Waals surface area contributed by atoms with Gasteiger partial charge in [0.25, 0.3) is 0 Å². The zero-order valence-electron chi connectivity index (χ0n) is 8.73. The van der Waals surface area contributed by atoms with E-state index in [0.29, 0.717) is 18.5 Å². The second-order valence-electron chi connectivity index (χ2n) is 4.70. The molecule has 1 heterocycles. The van der Waals surface area contributed by atoms with E-state index in [0.717, 1.165) is 0 Å². The Hall–Kier alpha value is -0.880. The Bertz CT molecular complexity index is 288. The largest absolute Gasteiger partial charge is 0.296 e. The van der Waals surface area contributed by atoms with Crippen LogP contribution < -0.4 is 0 Å². The average Bonchev–Trinajstić information content (AvgIpc) is 2.90. The first-order valence-electron chi connectivity index (χ1n) is 5.34. The summed E-state index contributed by atoms with van der Waals surface area (Å²) in [7, 11) is 0. The van der Waals surface area contributed by atoms with Gasteiger partial charge >= 0.3 is 0 Å².